The molecule has 2 aromatic carbocycles. The van der Waals surface area contributed by atoms with E-state index in [0.717, 1.165) is 11.1 Å². The van der Waals surface area contributed by atoms with Crippen LogP contribution in [0.3, 0.4) is 0 Å². The van der Waals surface area contributed by atoms with Crippen molar-refractivity contribution in [3.05, 3.63) is 71.5 Å². The molecular weight excluding hydrogens is 460 g/mol. The summed E-state index contributed by atoms with van der Waals surface area (Å²) in [5, 5.41) is 16.2. The molecule has 5 nitrogen and oxygen atoms in total. The second kappa shape index (κ2) is 13.5. The van der Waals surface area contributed by atoms with Gasteiger partial charge in [0.15, 0.2) is 5.96 Å². The quantitative estimate of drug-likeness (QED) is 0.289. The molecule has 0 heterocycles. The van der Waals surface area contributed by atoms with E-state index in [9.17, 15) is 9.50 Å². The van der Waals surface area contributed by atoms with E-state index in [1.165, 1.54) is 12.1 Å². The van der Waals surface area contributed by atoms with Crippen LogP contribution in [0.5, 0.6) is 0 Å². The summed E-state index contributed by atoms with van der Waals surface area (Å²) < 4.78 is 18.7. The number of aliphatic hydroxyl groups is 1. The van der Waals surface area contributed by atoms with E-state index < -0.39 is 6.10 Å². The van der Waals surface area contributed by atoms with Crippen LogP contribution < -0.4 is 10.6 Å². The zero-order valence-electron chi connectivity index (χ0n) is 15.4. The molecule has 0 spiro atoms. The Labute approximate surface area is 177 Å². The minimum Gasteiger partial charge on any atom is -0.389 e. The fourth-order valence-electron chi connectivity index (χ4n) is 2.31. The Balaban J connectivity index is 0.00000364. The van der Waals surface area contributed by atoms with E-state index in [-0.39, 0.29) is 36.4 Å². The second-order valence-corrected chi connectivity index (χ2v) is 5.86. The molecule has 1 unspecified atom stereocenters. The maximum atomic E-state index is 13.2. The average molecular weight is 487 g/mol. The number of nitrogens with zero attached hydrogens (tertiary/aromatic N) is 1. The first kappa shape index (κ1) is 23.3. The van der Waals surface area contributed by atoms with Crippen molar-refractivity contribution in [2.24, 2.45) is 4.99 Å². The number of aliphatic hydroxyl groups excluding tert-OH is 1. The summed E-state index contributed by atoms with van der Waals surface area (Å²) in [7, 11) is 0. The first-order valence-corrected chi connectivity index (χ1v) is 8.73. The average Bonchev–Trinajstić information content (AvgIpc) is 2.65. The highest BCUT2D eigenvalue weighted by Gasteiger charge is 2.06. The standard InChI is InChI=1S/C20H26FN3O2.HI/c1-2-22-20(23-12-17-9-6-10-18(21)11-17)24-13-19(25)15-26-14-16-7-4-3-5-8-16;/h3-11,19,25H,2,12-15H2,1H3,(H2,22,23,24);1H. The second-order valence-electron chi connectivity index (χ2n) is 5.86. The molecule has 27 heavy (non-hydrogen) atoms. The van der Waals surface area contributed by atoms with Gasteiger partial charge in [0.1, 0.15) is 5.82 Å². The minimum absolute atomic E-state index is 0. The van der Waals surface area contributed by atoms with Crippen LogP contribution in [0.2, 0.25) is 0 Å². The van der Waals surface area contributed by atoms with E-state index >= 15 is 0 Å². The van der Waals surface area contributed by atoms with Crippen LogP contribution in [-0.4, -0.2) is 36.9 Å². The number of hydrogen-bond acceptors (Lipinski definition) is 3. The predicted octanol–water partition coefficient (Wildman–Crippen LogP) is 3.08. The normalized spacial score (nSPS) is 12.2. The first-order chi connectivity index (χ1) is 12.7. The molecule has 0 aliphatic rings. The van der Waals surface area contributed by atoms with E-state index in [1.807, 2.05) is 43.3 Å². The van der Waals surface area contributed by atoms with Crippen LogP contribution in [0.25, 0.3) is 0 Å². The van der Waals surface area contributed by atoms with Gasteiger partial charge in [-0.05, 0) is 30.2 Å². The molecule has 0 saturated carbocycles. The van der Waals surface area contributed by atoms with E-state index in [0.29, 0.717) is 32.2 Å². The van der Waals surface area contributed by atoms with Crippen molar-refractivity contribution in [3.8, 4) is 0 Å². The van der Waals surface area contributed by atoms with Gasteiger partial charge in [0.05, 0.1) is 25.9 Å². The number of rotatable bonds is 9. The third kappa shape index (κ3) is 9.69. The van der Waals surface area contributed by atoms with Crippen LogP contribution in [0, 0.1) is 5.82 Å². The summed E-state index contributed by atoms with van der Waals surface area (Å²) in [5.74, 6) is 0.292. The molecule has 0 aliphatic carbocycles. The minimum atomic E-state index is -0.656. The van der Waals surface area contributed by atoms with E-state index in [2.05, 4.69) is 15.6 Å². The van der Waals surface area contributed by atoms with Crippen molar-refractivity contribution in [3.63, 3.8) is 0 Å². The third-order valence-electron chi connectivity index (χ3n) is 3.58. The van der Waals surface area contributed by atoms with Crippen molar-refractivity contribution < 1.29 is 14.2 Å². The third-order valence-corrected chi connectivity index (χ3v) is 3.58. The fraction of sp³-hybridized carbons (Fsp3) is 0.350. The topological polar surface area (TPSA) is 65.9 Å². The zero-order chi connectivity index (χ0) is 18.6. The van der Waals surface area contributed by atoms with Gasteiger partial charge >= 0.3 is 0 Å². The molecule has 148 valence electrons. The highest BCUT2D eigenvalue weighted by atomic mass is 127. The Kier molecular flexibility index (Phi) is 11.6. The summed E-state index contributed by atoms with van der Waals surface area (Å²) in [6, 6.07) is 16.2. The maximum Gasteiger partial charge on any atom is 0.191 e. The molecule has 0 amide bonds. The van der Waals surface area contributed by atoms with Crippen LogP contribution in [0.15, 0.2) is 59.6 Å². The highest BCUT2D eigenvalue weighted by Crippen LogP contribution is 2.04. The number of aliphatic imine (C=N–C) groups is 1. The molecule has 3 N–H and O–H groups in total. The summed E-state index contributed by atoms with van der Waals surface area (Å²) in [5.41, 5.74) is 1.85. The van der Waals surface area contributed by atoms with Gasteiger partial charge in [-0.25, -0.2) is 9.38 Å². The predicted molar refractivity (Wildman–Crippen MR) is 117 cm³/mol. The van der Waals surface area contributed by atoms with Gasteiger partial charge in [-0.15, -0.1) is 24.0 Å². The van der Waals surface area contributed by atoms with Gasteiger partial charge in [-0.3, -0.25) is 0 Å². The molecule has 0 bridgehead atoms. The Morgan fingerprint density at radius 2 is 1.85 bits per heavy atom. The number of benzene rings is 2. The lowest BCUT2D eigenvalue weighted by Gasteiger charge is -2.15. The Morgan fingerprint density at radius 1 is 1.11 bits per heavy atom. The van der Waals surface area contributed by atoms with Gasteiger partial charge in [0, 0.05) is 13.1 Å². The number of nitrogens with one attached hydrogen (secondary N) is 2. The van der Waals surface area contributed by atoms with E-state index in [1.54, 1.807) is 6.07 Å². The summed E-state index contributed by atoms with van der Waals surface area (Å²) in [4.78, 5) is 4.40. The van der Waals surface area contributed by atoms with Crippen molar-refractivity contribution in [2.75, 3.05) is 19.7 Å². The molecule has 2 aromatic rings. The molecule has 0 aliphatic heterocycles. The molecule has 0 aromatic heterocycles. The molecule has 0 radical (unpaired) electrons. The Hall–Kier alpha value is -1.71. The monoisotopic (exact) mass is 487 g/mol. The maximum absolute atomic E-state index is 13.2. The lowest BCUT2D eigenvalue weighted by atomic mass is 10.2. The van der Waals surface area contributed by atoms with Crippen LogP contribution in [0.1, 0.15) is 18.1 Å². The first-order valence-electron chi connectivity index (χ1n) is 8.73. The molecular formula is C20H27FIN3O2. The van der Waals surface area contributed by atoms with Gasteiger partial charge in [-0.1, -0.05) is 42.5 Å². The van der Waals surface area contributed by atoms with E-state index in [4.69, 9.17) is 4.74 Å². The Morgan fingerprint density at radius 3 is 2.56 bits per heavy atom. The number of ether oxygens (including phenoxy) is 1. The molecule has 2 rings (SSSR count). The summed E-state index contributed by atoms with van der Waals surface area (Å²) in [6.45, 7) is 4.00. The van der Waals surface area contributed by atoms with Crippen molar-refractivity contribution in [1.82, 2.24) is 10.6 Å². The molecule has 7 heteroatoms. The van der Waals surface area contributed by atoms with Crippen LogP contribution >= 0.6 is 24.0 Å². The summed E-state index contributed by atoms with van der Waals surface area (Å²) in [6.07, 6.45) is -0.656. The van der Waals surface area contributed by atoms with Crippen molar-refractivity contribution in [2.45, 2.75) is 26.2 Å². The van der Waals surface area contributed by atoms with Gasteiger partial charge < -0.3 is 20.5 Å². The van der Waals surface area contributed by atoms with Gasteiger partial charge in [0.2, 0.25) is 0 Å². The SMILES string of the molecule is CCNC(=NCc1cccc(F)c1)NCC(O)COCc1ccccc1.I. The fourth-order valence-corrected chi connectivity index (χ4v) is 2.31. The zero-order valence-corrected chi connectivity index (χ0v) is 17.7. The van der Waals surface area contributed by atoms with Crippen LogP contribution in [0.4, 0.5) is 4.39 Å². The number of halogens is 2. The largest absolute Gasteiger partial charge is 0.389 e. The summed E-state index contributed by atoms with van der Waals surface area (Å²) >= 11 is 0. The van der Waals surface area contributed by atoms with Gasteiger partial charge in [0.25, 0.3) is 0 Å². The van der Waals surface area contributed by atoms with Gasteiger partial charge in [-0.2, -0.15) is 0 Å². The van der Waals surface area contributed by atoms with Crippen LogP contribution in [-0.2, 0) is 17.9 Å². The highest BCUT2D eigenvalue weighted by molar-refractivity contribution is 14.0. The number of guanidine groups is 1. The molecule has 0 fully saturated rings. The number of hydrogen-bond donors (Lipinski definition) is 3. The lowest BCUT2D eigenvalue weighted by molar-refractivity contribution is 0.0308. The Bertz CT molecular complexity index is 686. The van der Waals surface area contributed by atoms with Crippen molar-refractivity contribution in [1.29, 1.82) is 0 Å². The smallest absolute Gasteiger partial charge is 0.191 e. The lowest BCUT2D eigenvalue weighted by Crippen LogP contribution is -2.42. The molecule has 0 saturated heterocycles. The van der Waals surface area contributed by atoms with Crippen molar-refractivity contribution >= 4 is 29.9 Å². The molecule has 1 atom stereocenters.